The molecule has 0 bridgehead atoms. The summed E-state index contributed by atoms with van der Waals surface area (Å²) >= 11 is 0. The van der Waals surface area contributed by atoms with Gasteiger partial charge in [0.25, 0.3) is 0 Å². The third kappa shape index (κ3) is 2.80. The Bertz CT molecular complexity index is 911. The number of rotatable bonds is 5. The Morgan fingerprint density at radius 2 is 2.00 bits per heavy atom. The Hall–Kier alpha value is -2.95. The summed E-state index contributed by atoms with van der Waals surface area (Å²) in [5.41, 5.74) is 3.48. The molecule has 24 heavy (non-hydrogen) atoms. The highest BCUT2D eigenvalue weighted by Crippen LogP contribution is 2.24. The number of halogens is 1. The smallest absolute Gasteiger partial charge is 0.210 e. The first-order valence-corrected chi connectivity index (χ1v) is 7.68. The van der Waals surface area contributed by atoms with Crippen LogP contribution in [0.25, 0.3) is 5.52 Å². The lowest BCUT2D eigenvalue weighted by atomic mass is 10.0. The van der Waals surface area contributed by atoms with Gasteiger partial charge in [0.15, 0.2) is 0 Å². The fraction of sp³-hybridized carbons (Fsp3) is 0.158. The monoisotopic (exact) mass is 324 g/mol. The normalized spacial score (nSPS) is 11.3. The van der Waals surface area contributed by atoms with Crippen molar-refractivity contribution < 1.29 is 14.0 Å². The van der Waals surface area contributed by atoms with Crippen molar-refractivity contribution in [1.82, 2.24) is 4.40 Å². The van der Waals surface area contributed by atoms with Gasteiger partial charge >= 0.3 is 0 Å². The van der Waals surface area contributed by atoms with Gasteiger partial charge in [-0.2, -0.15) is 0 Å². The van der Waals surface area contributed by atoms with E-state index >= 15 is 0 Å². The minimum absolute atomic E-state index is 0.162. The van der Waals surface area contributed by atoms with Crippen molar-refractivity contribution in [3.05, 3.63) is 76.9 Å². The zero-order valence-electron chi connectivity index (χ0n) is 13.5. The molecule has 5 heteroatoms. The average molecular weight is 324 g/mol. The fourth-order valence-corrected chi connectivity index (χ4v) is 2.70. The van der Waals surface area contributed by atoms with E-state index in [-0.39, 0.29) is 11.6 Å². The Morgan fingerprint density at radius 1 is 1.25 bits per heavy atom. The molecule has 3 aromatic rings. The van der Waals surface area contributed by atoms with Gasteiger partial charge in [-0.15, -0.1) is 0 Å². The van der Waals surface area contributed by atoms with Crippen LogP contribution in [0.15, 0.2) is 53.8 Å². The van der Waals surface area contributed by atoms with Crippen LogP contribution in [0.4, 0.5) is 4.39 Å². The van der Waals surface area contributed by atoms with Gasteiger partial charge in [0.2, 0.25) is 5.78 Å². The van der Waals surface area contributed by atoms with Crippen molar-refractivity contribution in [3.63, 3.8) is 0 Å². The van der Waals surface area contributed by atoms with Gasteiger partial charge in [0, 0.05) is 17.3 Å². The van der Waals surface area contributed by atoms with Crippen LogP contribution in [-0.4, -0.2) is 23.0 Å². The third-order valence-electron chi connectivity index (χ3n) is 3.84. The number of nitrogens with zero attached hydrogens (tertiary/aromatic N) is 2. The highest BCUT2D eigenvalue weighted by molar-refractivity contribution is 6.11. The molecule has 2 heterocycles. The van der Waals surface area contributed by atoms with Gasteiger partial charge in [0.05, 0.1) is 17.4 Å². The molecule has 0 atom stereocenters. The van der Waals surface area contributed by atoms with Crippen LogP contribution >= 0.6 is 0 Å². The Kier molecular flexibility index (Phi) is 4.42. The maximum Gasteiger partial charge on any atom is 0.210 e. The van der Waals surface area contributed by atoms with Crippen LogP contribution in [0, 0.1) is 12.7 Å². The van der Waals surface area contributed by atoms with Crippen molar-refractivity contribution >= 4 is 17.5 Å². The summed E-state index contributed by atoms with van der Waals surface area (Å²) in [5, 5.41) is 3.93. The van der Waals surface area contributed by atoms with E-state index in [2.05, 4.69) is 5.16 Å². The highest BCUT2D eigenvalue weighted by Gasteiger charge is 2.20. The minimum Gasteiger partial charge on any atom is -0.396 e. The molecule has 0 saturated heterocycles. The fourth-order valence-electron chi connectivity index (χ4n) is 2.70. The molecule has 0 unspecified atom stereocenters. The molecule has 122 valence electrons. The Balaban J connectivity index is 2.15. The van der Waals surface area contributed by atoms with Crippen molar-refractivity contribution in [2.24, 2.45) is 5.16 Å². The number of fused-ring (bicyclic) bond motifs is 1. The van der Waals surface area contributed by atoms with Gasteiger partial charge in [-0.1, -0.05) is 11.2 Å². The molecule has 0 saturated carbocycles. The number of carbonyl (C=O) groups is 1. The Labute approximate surface area is 139 Å². The van der Waals surface area contributed by atoms with Crippen molar-refractivity contribution in [2.75, 3.05) is 6.61 Å². The van der Waals surface area contributed by atoms with Gasteiger partial charge in [-0.25, -0.2) is 4.39 Å². The van der Waals surface area contributed by atoms with Crippen molar-refractivity contribution in [3.8, 4) is 0 Å². The topological polar surface area (TPSA) is 43.1 Å². The van der Waals surface area contributed by atoms with Crippen LogP contribution in [0.1, 0.15) is 34.1 Å². The largest absolute Gasteiger partial charge is 0.396 e. The van der Waals surface area contributed by atoms with Crippen LogP contribution in [0.5, 0.6) is 0 Å². The van der Waals surface area contributed by atoms with E-state index in [0.29, 0.717) is 17.9 Å². The van der Waals surface area contributed by atoms with Crippen LogP contribution < -0.4 is 0 Å². The lowest BCUT2D eigenvalue weighted by Crippen LogP contribution is -2.07. The second-order valence-corrected chi connectivity index (χ2v) is 5.33. The molecule has 4 nitrogen and oxygen atoms in total. The molecular weight excluding hydrogens is 307 g/mol. The quantitative estimate of drug-likeness (QED) is 0.405. The van der Waals surface area contributed by atoms with E-state index in [0.717, 1.165) is 16.6 Å². The first-order chi connectivity index (χ1) is 11.6. The summed E-state index contributed by atoms with van der Waals surface area (Å²) in [5.74, 6) is -0.530. The van der Waals surface area contributed by atoms with Gasteiger partial charge in [-0.05, 0) is 55.8 Å². The standard InChI is InChI=1S/C19H17FN2O2/c1-3-24-21-12-16-13(2)18(22-11-5-4-6-17(16)22)19(23)14-7-9-15(20)10-8-14/h4-12H,3H2,1-2H3/b21-12+. The van der Waals surface area contributed by atoms with Gasteiger partial charge in [0.1, 0.15) is 12.4 Å². The zero-order chi connectivity index (χ0) is 17.1. The molecule has 3 rings (SSSR count). The molecule has 0 aliphatic rings. The lowest BCUT2D eigenvalue weighted by molar-refractivity contribution is 0.103. The van der Waals surface area contributed by atoms with Crippen molar-refractivity contribution in [2.45, 2.75) is 13.8 Å². The van der Waals surface area contributed by atoms with Gasteiger partial charge < -0.3 is 9.24 Å². The second-order valence-electron chi connectivity index (χ2n) is 5.33. The summed E-state index contributed by atoms with van der Waals surface area (Å²) < 4.78 is 14.9. The SMILES string of the molecule is CCO/N=C/c1c(C)c(C(=O)c2ccc(F)cc2)n2ccccc12. The molecular formula is C19H17FN2O2. The molecule has 0 spiro atoms. The minimum atomic E-state index is -0.368. The van der Waals surface area contributed by atoms with Crippen molar-refractivity contribution in [1.29, 1.82) is 0 Å². The molecule has 0 N–H and O–H groups in total. The predicted octanol–water partition coefficient (Wildman–Crippen LogP) is 3.99. The molecule has 0 aliphatic heterocycles. The van der Waals surface area contributed by atoms with E-state index in [1.807, 2.05) is 42.6 Å². The maximum absolute atomic E-state index is 13.1. The zero-order valence-corrected chi connectivity index (χ0v) is 13.5. The van der Waals surface area contributed by atoms with Crippen LogP contribution in [0.3, 0.4) is 0 Å². The molecule has 2 aromatic heterocycles. The first kappa shape index (κ1) is 15.9. The van der Waals surface area contributed by atoms with Crippen LogP contribution in [0.2, 0.25) is 0 Å². The average Bonchev–Trinajstić information content (AvgIpc) is 2.87. The number of pyridine rings is 1. The number of ketones is 1. The predicted molar refractivity (Wildman–Crippen MR) is 91.2 cm³/mol. The van der Waals surface area contributed by atoms with E-state index in [4.69, 9.17) is 4.84 Å². The summed E-state index contributed by atoms with van der Waals surface area (Å²) in [4.78, 5) is 18.0. The van der Waals surface area contributed by atoms with E-state index in [1.165, 1.54) is 24.3 Å². The lowest BCUT2D eigenvalue weighted by Gasteiger charge is -2.04. The number of aromatic nitrogens is 1. The molecule has 1 aromatic carbocycles. The highest BCUT2D eigenvalue weighted by atomic mass is 19.1. The molecule has 0 radical (unpaired) electrons. The van der Waals surface area contributed by atoms with E-state index in [1.54, 1.807) is 6.21 Å². The number of oxime groups is 1. The molecule has 0 amide bonds. The third-order valence-corrected chi connectivity index (χ3v) is 3.84. The summed E-state index contributed by atoms with van der Waals surface area (Å²) in [7, 11) is 0. The number of benzene rings is 1. The number of hydrogen-bond acceptors (Lipinski definition) is 3. The molecule has 0 aliphatic carbocycles. The van der Waals surface area contributed by atoms with Crippen LogP contribution in [-0.2, 0) is 4.84 Å². The summed E-state index contributed by atoms with van der Waals surface area (Å²) in [6, 6.07) is 11.2. The molecule has 0 fully saturated rings. The Morgan fingerprint density at radius 3 is 2.71 bits per heavy atom. The van der Waals surface area contributed by atoms with E-state index in [9.17, 15) is 9.18 Å². The van der Waals surface area contributed by atoms with E-state index < -0.39 is 0 Å². The van der Waals surface area contributed by atoms with Gasteiger partial charge in [-0.3, -0.25) is 4.79 Å². The second kappa shape index (κ2) is 6.66. The summed E-state index contributed by atoms with van der Waals surface area (Å²) in [6.45, 7) is 4.20. The summed E-state index contributed by atoms with van der Waals surface area (Å²) in [6.07, 6.45) is 3.45. The maximum atomic E-state index is 13.1. The number of carbonyl (C=O) groups excluding carboxylic acids is 1. The first-order valence-electron chi connectivity index (χ1n) is 7.68. The number of hydrogen-bond donors (Lipinski definition) is 0.